The van der Waals surface area contributed by atoms with Crippen molar-refractivity contribution in [2.24, 2.45) is 0 Å². The molecule has 6 aromatic heterocycles. The van der Waals surface area contributed by atoms with E-state index in [9.17, 15) is 4.79 Å². The summed E-state index contributed by atoms with van der Waals surface area (Å²) in [6, 6.07) is 9.84. The van der Waals surface area contributed by atoms with Crippen molar-refractivity contribution >= 4 is 39.1 Å². The highest BCUT2D eigenvalue weighted by atomic mass is 32.1. The molecule has 8 nitrogen and oxygen atoms in total. The van der Waals surface area contributed by atoms with E-state index in [2.05, 4.69) is 47.5 Å². The number of carbonyl (C=O) groups is 1. The fraction of sp³-hybridized carbons (Fsp3) is 0.0455. The van der Waals surface area contributed by atoms with Crippen LogP contribution in [0.5, 0.6) is 0 Å². The van der Waals surface area contributed by atoms with E-state index in [0.29, 0.717) is 5.65 Å². The summed E-state index contributed by atoms with van der Waals surface area (Å²) in [5.41, 5.74) is 6.11. The second-order valence-corrected chi connectivity index (χ2v) is 8.29. The van der Waals surface area contributed by atoms with Gasteiger partial charge in [-0.25, -0.2) is 4.98 Å². The van der Waals surface area contributed by atoms with E-state index in [-0.39, 0.29) is 5.78 Å². The minimum atomic E-state index is 0.0584. The molecule has 6 heterocycles. The molecule has 0 aromatic carbocycles. The molecule has 0 unspecified atom stereocenters. The number of Topliss-reactive ketones (excluding diaryl/α,β-unsaturated/α-hetero) is 1. The molecule has 3 N–H and O–H groups in total. The summed E-state index contributed by atoms with van der Waals surface area (Å²) < 4.78 is 0. The van der Waals surface area contributed by atoms with Crippen molar-refractivity contribution in [1.82, 2.24) is 35.3 Å². The van der Waals surface area contributed by atoms with Gasteiger partial charge in [-0.3, -0.25) is 20.0 Å². The third-order valence-corrected chi connectivity index (χ3v) is 6.44. The molecule has 6 rings (SSSR count). The average molecular weight is 425 g/mol. The molecule has 6 aromatic rings. The van der Waals surface area contributed by atoms with E-state index in [1.807, 2.05) is 24.4 Å². The Balaban J connectivity index is 1.50. The number of hydrogen-bond donors (Lipinski definition) is 3. The standard InChI is InChI=1S/C22H15N7OS/c1-11(30)18-2-3-19(31-18)21-14-7-17(27-16(14)4-5-23-21)20-15-6-12(13-9-25-26-10-13)8-24-22(15)29-28-20/h2-10,27H,1H3,(H,25,26)(H,24,28,29). The third-order valence-electron chi connectivity index (χ3n) is 5.25. The second kappa shape index (κ2) is 6.71. The van der Waals surface area contributed by atoms with Gasteiger partial charge in [-0.05, 0) is 37.3 Å². The normalized spacial score (nSPS) is 11.5. The zero-order chi connectivity index (χ0) is 20.9. The molecule has 0 saturated heterocycles. The van der Waals surface area contributed by atoms with Crippen molar-refractivity contribution in [3.63, 3.8) is 0 Å². The number of aromatic nitrogens is 7. The highest BCUT2D eigenvalue weighted by Crippen LogP contribution is 2.36. The Hall–Kier alpha value is -4.11. The Labute approximate surface area is 179 Å². The van der Waals surface area contributed by atoms with E-state index in [4.69, 9.17) is 0 Å². The van der Waals surface area contributed by atoms with Crippen LogP contribution in [0.2, 0.25) is 0 Å². The van der Waals surface area contributed by atoms with E-state index in [0.717, 1.165) is 54.3 Å². The monoisotopic (exact) mass is 425 g/mol. The van der Waals surface area contributed by atoms with Crippen LogP contribution in [0.25, 0.3) is 55.0 Å². The third kappa shape index (κ3) is 2.86. The van der Waals surface area contributed by atoms with Crippen LogP contribution >= 0.6 is 11.3 Å². The molecule has 0 saturated carbocycles. The lowest BCUT2D eigenvalue weighted by Crippen LogP contribution is -1.83. The number of pyridine rings is 2. The zero-order valence-corrected chi connectivity index (χ0v) is 17.1. The number of H-pyrrole nitrogens is 3. The lowest BCUT2D eigenvalue weighted by atomic mass is 10.1. The van der Waals surface area contributed by atoms with Gasteiger partial charge in [0.05, 0.1) is 33.0 Å². The maximum Gasteiger partial charge on any atom is 0.181 e. The summed E-state index contributed by atoms with van der Waals surface area (Å²) in [7, 11) is 0. The van der Waals surface area contributed by atoms with Crippen LogP contribution in [-0.4, -0.2) is 41.1 Å². The Morgan fingerprint density at radius 1 is 1.03 bits per heavy atom. The highest BCUT2D eigenvalue weighted by molar-refractivity contribution is 7.17. The summed E-state index contributed by atoms with van der Waals surface area (Å²) in [5.74, 6) is 0.0584. The van der Waals surface area contributed by atoms with Gasteiger partial charge in [-0.2, -0.15) is 10.2 Å². The molecule has 0 amide bonds. The minimum absolute atomic E-state index is 0.0584. The van der Waals surface area contributed by atoms with Crippen LogP contribution in [0.4, 0.5) is 0 Å². The second-order valence-electron chi connectivity index (χ2n) is 7.20. The summed E-state index contributed by atoms with van der Waals surface area (Å²) in [5, 5.41) is 16.2. The van der Waals surface area contributed by atoms with Crippen molar-refractivity contribution in [1.29, 1.82) is 0 Å². The van der Waals surface area contributed by atoms with Crippen molar-refractivity contribution in [2.45, 2.75) is 6.92 Å². The molecular formula is C22H15N7OS. The molecule has 0 bridgehead atoms. The quantitative estimate of drug-likeness (QED) is 0.350. The van der Waals surface area contributed by atoms with E-state index in [1.165, 1.54) is 11.3 Å². The number of thiophene rings is 1. The molecule has 31 heavy (non-hydrogen) atoms. The number of ketones is 1. The van der Waals surface area contributed by atoms with Gasteiger partial charge in [0.2, 0.25) is 0 Å². The molecule has 0 fully saturated rings. The smallest absolute Gasteiger partial charge is 0.181 e. The Bertz CT molecular complexity index is 1570. The minimum Gasteiger partial charge on any atom is -0.353 e. The van der Waals surface area contributed by atoms with Crippen molar-refractivity contribution in [3.8, 4) is 33.1 Å². The molecule has 0 aliphatic heterocycles. The van der Waals surface area contributed by atoms with Crippen LogP contribution in [-0.2, 0) is 0 Å². The molecule has 0 aliphatic rings. The predicted molar refractivity (Wildman–Crippen MR) is 120 cm³/mol. The molecule has 0 radical (unpaired) electrons. The zero-order valence-electron chi connectivity index (χ0n) is 16.3. The number of nitrogens with zero attached hydrogens (tertiary/aromatic N) is 4. The van der Waals surface area contributed by atoms with Gasteiger partial charge in [-0.15, -0.1) is 11.3 Å². The van der Waals surface area contributed by atoms with Crippen molar-refractivity contribution in [2.75, 3.05) is 0 Å². The number of hydrogen-bond acceptors (Lipinski definition) is 6. The maximum absolute atomic E-state index is 11.7. The number of rotatable bonds is 4. The fourth-order valence-corrected chi connectivity index (χ4v) is 4.62. The molecule has 9 heteroatoms. The number of fused-ring (bicyclic) bond motifs is 2. The first-order chi connectivity index (χ1) is 15.2. The van der Waals surface area contributed by atoms with Crippen LogP contribution in [0.3, 0.4) is 0 Å². The Morgan fingerprint density at radius 2 is 1.97 bits per heavy atom. The first-order valence-corrected chi connectivity index (χ1v) is 10.4. The topological polar surface area (TPSA) is 116 Å². The maximum atomic E-state index is 11.7. The van der Waals surface area contributed by atoms with Crippen molar-refractivity contribution < 1.29 is 4.79 Å². The number of nitrogens with one attached hydrogen (secondary N) is 3. The Kier molecular flexibility index (Phi) is 3.84. The van der Waals surface area contributed by atoms with Gasteiger partial charge in [0.1, 0.15) is 0 Å². The van der Waals surface area contributed by atoms with Crippen LogP contribution in [0.15, 0.2) is 55.1 Å². The summed E-state index contributed by atoms with van der Waals surface area (Å²) >= 11 is 1.45. The first-order valence-electron chi connectivity index (χ1n) is 9.60. The largest absolute Gasteiger partial charge is 0.353 e. The van der Waals surface area contributed by atoms with Gasteiger partial charge in [-0.1, -0.05) is 0 Å². The number of carbonyl (C=O) groups excluding carboxylic acids is 1. The van der Waals surface area contributed by atoms with E-state index >= 15 is 0 Å². The lowest BCUT2D eigenvalue weighted by molar-refractivity contribution is 0.102. The van der Waals surface area contributed by atoms with Crippen LogP contribution in [0, 0.1) is 0 Å². The molecule has 0 atom stereocenters. The van der Waals surface area contributed by atoms with Gasteiger partial charge in [0, 0.05) is 46.0 Å². The summed E-state index contributed by atoms with van der Waals surface area (Å²) in [4.78, 5) is 25.9. The molecule has 0 spiro atoms. The van der Waals surface area contributed by atoms with Crippen LogP contribution in [0.1, 0.15) is 16.6 Å². The van der Waals surface area contributed by atoms with Crippen molar-refractivity contribution in [3.05, 3.63) is 60.0 Å². The number of aromatic amines is 3. The Morgan fingerprint density at radius 3 is 2.77 bits per heavy atom. The van der Waals surface area contributed by atoms with Crippen LogP contribution < -0.4 is 0 Å². The molecule has 150 valence electrons. The van der Waals surface area contributed by atoms with Gasteiger partial charge >= 0.3 is 0 Å². The molecule has 0 aliphatic carbocycles. The first kappa shape index (κ1) is 17.7. The lowest BCUT2D eigenvalue weighted by Gasteiger charge is -1.98. The average Bonchev–Trinajstić information content (AvgIpc) is 3.58. The van der Waals surface area contributed by atoms with E-state index < -0.39 is 0 Å². The van der Waals surface area contributed by atoms with Gasteiger partial charge in [0.15, 0.2) is 11.4 Å². The van der Waals surface area contributed by atoms with Gasteiger partial charge < -0.3 is 4.98 Å². The highest BCUT2D eigenvalue weighted by Gasteiger charge is 2.16. The van der Waals surface area contributed by atoms with Gasteiger partial charge in [0.25, 0.3) is 0 Å². The fourth-order valence-electron chi connectivity index (χ4n) is 3.71. The predicted octanol–water partition coefficient (Wildman–Crippen LogP) is 4.82. The summed E-state index contributed by atoms with van der Waals surface area (Å²) in [6.45, 7) is 1.58. The molecular weight excluding hydrogens is 410 g/mol. The summed E-state index contributed by atoms with van der Waals surface area (Å²) in [6.07, 6.45) is 7.16. The SMILES string of the molecule is CC(=O)c1ccc(-c2nccc3[nH]c(-c4[nH]nc5ncc(-c6cn[nH]c6)cc45)cc23)s1. The van der Waals surface area contributed by atoms with E-state index in [1.54, 1.807) is 25.5 Å².